The molecule has 0 bridgehead atoms. The molecule has 0 radical (unpaired) electrons. The molecular weight excluding hydrogens is 308 g/mol. The summed E-state index contributed by atoms with van der Waals surface area (Å²) in [5.41, 5.74) is 2.23. The van der Waals surface area contributed by atoms with E-state index in [0.717, 1.165) is 31.5 Å². The molecule has 1 saturated carbocycles. The van der Waals surface area contributed by atoms with Crippen LogP contribution in [-0.4, -0.2) is 26.5 Å². The Bertz CT molecular complexity index is 671. The van der Waals surface area contributed by atoms with Crippen LogP contribution in [0.4, 0.5) is 11.4 Å². The maximum absolute atomic E-state index is 12.9. The van der Waals surface area contributed by atoms with Crippen LogP contribution in [0.5, 0.6) is 0 Å². The summed E-state index contributed by atoms with van der Waals surface area (Å²) in [4.78, 5) is 17.1. The number of rotatable bonds is 5. The highest BCUT2D eigenvalue weighted by atomic mass is 16.2. The Hall–Kier alpha value is -2.29. The maximum atomic E-state index is 12.9. The lowest BCUT2D eigenvalue weighted by Crippen LogP contribution is -2.37. The van der Waals surface area contributed by atoms with E-state index in [0.29, 0.717) is 5.92 Å². The molecule has 0 heterocycles. The first kappa shape index (κ1) is 17.5. The lowest BCUT2D eigenvalue weighted by atomic mass is 9.80. The molecule has 0 aliphatic heterocycles. The summed E-state index contributed by atoms with van der Waals surface area (Å²) in [5.74, 6) is 0.989. The Balaban J connectivity index is 1.60. The zero-order valence-corrected chi connectivity index (χ0v) is 15.3. The molecule has 3 heteroatoms. The lowest BCUT2D eigenvalue weighted by Gasteiger charge is -2.33. The molecule has 0 aromatic heterocycles. The van der Waals surface area contributed by atoms with Gasteiger partial charge in [-0.3, -0.25) is 4.79 Å². The highest BCUT2D eigenvalue weighted by Crippen LogP contribution is 2.32. The molecule has 0 N–H and O–H groups in total. The normalized spacial score (nSPS) is 20.1. The van der Waals surface area contributed by atoms with Crippen molar-refractivity contribution in [2.45, 2.75) is 25.7 Å². The smallest absolute Gasteiger partial charge is 0.229 e. The van der Waals surface area contributed by atoms with E-state index in [9.17, 15) is 4.79 Å². The van der Waals surface area contributed by atoms with Gasteiger partial charge in [0.15, 0.2) is 0 Å². The van der Waals surface area contributed by atoms with Crippen molar-refractivity contribution in [3.8, 4) is 0 Å². The Labute approximate surface area is 151 Å². The molecule has 2 aromatic carbocycles. The predicted octanol–water partition coefficient (Wildman–Crippen LogP) is 4.59. The van der Waals surface area contributed by atoms with Gasteiger partial charge in [-0.15, -0.1) is 0 Å². The van der Waals surface area contributed by atoms with Gasteiger partial charge in [-0.2, -0.15) is 0 Å². The third-order valence-corrected chi connectivity index (χ3v) is 5.34. The molecule has 25 heavy (non-hydrogen) atoms. The molecular formula is C22H28N2O. The second-order valence-corrected chi connectivity index (χ2v) is 7.18. The summed E-state index contributed by atoms with van der Waals surface area (Å²) in [5, 5.41) is 0. The standard InChI is InChI=1S/C22H28N2O/c1-23(20-12-5-3-6-13-20)17-18-10-9-11-19(16-18)22(25)24(2)21-14-7-4-8-15-21/h3-8,12-15,18-19H,9-11,16-17H2,1-2H3. The van der Waals surface area contributed by atoms with Crippen molar-refractivity contribution >= 4 is 17.3 Å². The van der Waals surface area contributed by atoms with Gasteiger partial charge in [-0.1, -0.05) is 42.8 Å². The summed E-state index contributed by atoms with van der Waals surface area (Å²) in [6.07, 6.45) is 4.37. The van der Waals surface area contributed by atoms with Crippen molar-refractivity contribution in [3.05, 3.63) is 60.7 Å². The van der Waals surface area contributed by atoms with Gasteiger partial charge in [0.2, 0.25) is 5.91 Å². The van der Waals surface area contributed by atoms with E-state index in [2.05, 4.69) is 36.2 Å². The summed E-state index contributed by atoms with van der Waals surface area (Å²) in [6, 6.07) is 20.5. The van der Waals surface area contributed by atoms with Crippen LogP contribution < -0.4 is 9.80 Å². The minimum atomic E-state index is 0.146. The third-order valence-electron chi connectivity index (χ3n) is 5.34. The van der Waals surface area contributed by atoms with E-state index >= 15 is 0 Å². The number of hydrogen-bond acceptors (Lipinski definition) is 2. The molecule has 0 saturated heterocycles. The Morgan fingerprint density at radius 1 is 0.920 bits per heavy atom. The number of amides is 1. The van der Waals surface area contributed by atoms with Crippen LogP contribution >= 0.6 is 0 Å². The summed E-state index contributed by atoms with van der Waals surface area (Å²) >= 11 is 0. The van der Waals surface area contributed by atoms with E-state index in [-0.39, 0.29) is 11.8 Å². The summed E-state index contributed by atoms with van der Waals surface area (Å²) < 4.78 is 0. The second kappa shape index (κ2) is 8.19. The fraction of sp³-hybridized carbons (Fsp3) is 0.409. The van der Waals surface area contributed by atoms with Crippen LogP contribution in [0, 0.1) is 11.8 Å². The molecule has 2 atom stereocenters. The molecule has 3 rings (SSSR count). The van der Waals surface area contributed by atoms with Crippen molar-refractivity contribution < 1.29 is 4.79 Å². The van der Waals surface area contributed by atoms with Crippen LogP contribution in [-0.2, 0) is 4.79 Å². The molecule has 3 nitrogen and oxygen atoms in total. The first-order chi connectivity index (χ1) is 12.1. The predicted molar refractivity (Wildman–Crippen MR) is 105 cm³/mol. The highest BCUT2D eigenvalue weighted by Gasteiger charge is 2.30. The van der Waals surface area contributed by atoms with Gasteiger partial charge < -0.3 is 9.80 Å². The number of anilines is 2. The number of carbonyl (C=O) groups is 1. The minimum Gasteiger partial charge on any atom is -0.374 e. The van der Waals surface area contributed by atoms with Crippen LogP contribution in [0.1, 0.15) is 25.7 Å². The second-order valence-electron chi connectivity index (χ2n) is 7.18. The van der Waals surface area contributed by atoms with E-state index in [1.807, 2.05) is 48.3 Å². The molecule has 1 aliphatic carbocycles. The SMILES string of the molecule is CN(CC1CCCC(C(=O)N(C)c2ccccc2)C1)c1ccccc1. The first-order valence-electron chi connectivity index (χ1n) is 9.24. The average molecular weight is 336 g/mol. The molecule has 1 aliphatic rings. The molecule has 132 valence electrons. The van der Waals surface area contributed by atoms with Gasteiger partial charge in [0, 0.05) is 37.9 Å². The maximum Gasteiger partial charge on any atom is 0.229 e. The average Bonchev–Trinajstić information content (AvgIpc) is 2.68. The summed E-state index contributed by atoms with van der Waals surface area (Å²) in [7, 11) is 4.05. The van der Waals surface area contributed by atoms with E-state index in [4.69, 9.17) is 0 Å². The molecule has 2 aromatic rings. The number of para-hydroxylation sites is 2. The van der Waals surface area contributed by atoms with E-state index < -0.39 is 0 Å². The number of hydrogen-bond donors (Lipinski definition) is 0. The van der Waals surface area contributed by atoms with Crippen LogP contribution in [0.2, 0.25) is 0 Å². The van der Waals surface area contributed by atoms with E-state index in [1.54, 1.807) is 0 Å². The fourth-order valence-corrected chi connectivity index (χ4v) is 3.91. The van der Waals surface area contributed by atoms with Crippen molar-refractivity contribution in [1.82, 2.24) is 0 Å². The van der Waals surface area contributed by atoms with Crippen LogP contribution in [0.3, 0.4) is 0 Å². The van der Waals surface area contributed by atoms with Gasteiger partial charge in [0.25, 0.3) is 0 Å². The lowest BCUT2D eigenvalue weighted by molar-refractivity contribution is -0.123. The van der Waals surface area contributed by atoms with Crippen LogP contribution in [0.25, 0.3) is 0 Å². The topological polar surface area (TPSA) is 23.6 Å². The Kier molecular flexibility index (Phi) is 5.75. The fourth-order valence-electron chi connectivity index (χ4n) is 3.91. The van der Waals surface area contributed by atoms with Gasteiger partial charge >= 0.3 is 0 Å². The number of carbonyl (C=O) groups excluding carboxylic acids is 1. The molecule has 0 spiro atoms. The van der Waals surface area contributed by atoms with Crippen molar-refractivity contribution in [1.29, 1.82) is 0 Å². The van der Waals surface area contributed by atoms with Crippen molar-refractivity contribution in [2.24, 2.45) is 11.8 Å². The van der Waals surface area contributed by atoms with Gasteiger partial charge in [-0.05, 0) is 49.4 Å². The quantitative estimate of drug-likeness (QED) is 0.797. The van der Waals surface area contributed by atoms with E-state index in [1.165, 1.54) is 12.1 Å². The zero-order chi connectivity index (χ0) is 17.6. The highest BCUT2D eigenvalue weighted by molar-refractivity contribution is 5.94. The Morgan fingerprint density at radius 2 is 1.52 bits per heavy atom. The first-order valence-corrected chi connectivity index (χ1v) is 9.24. The minimum absolute atomic E-state index is 0.146. The number of benzene rings is 2. The zero-order valence-electron chi connectivity index (χ0n) is 15.3. The molecule has 2 unspecified atom stereocenters. The summed E-state index contributed by atoms with van der Waals surface area (Å²) in [6.45, 7) is 1.02. The van der Waals surface area contributed by atoms with Gasteiger partial charge in [-0.25, -0.2) is 0 Å². The Morgan fingerprint density at radius 3 is 2.16 bits per heavy atom. The van der Waals surface area contributed by atoms with Crippen LogP contribution in [0.15, 0.2) is 60.7 Å². The van der Waals surface area contributed by atoms with Crippen molar-refractivity contribution in [2.75, 3.05) is 30.4 Å². The largest absolute Gasteiger partial charge is 0.374 e. The monoisotopic (exact) mass is 336 g/mol. The number of nitrogens with zero attached hydrogens (tertiary/aromatic N) is 2. The van der Waals surface area contributed by atoms with Gasteiger partial charge in [0.05, 0.1) is 0 Å². The van der Waals surface area contributed by atoms with Gasteiger partial charge in [0.1, 0.15) is 0 Å². The van der Waals surface area contributed by atoms with Crippen molar-refractivity contribution in [3.63, 3.8) is 0 Å². The molecule has 1 fully saturated rings. The molecule has 1 amide bonds. The third kappa shape index (κ3) is 4.41.